The molecule has 0 radical (unpaired) electrons. The van der Waals surface area contributed by atoms with Crippen molar-refractivity contribution in [1.29, 1.82) is 0 Å². The first-order valence-electron chi connectivity index (χ1n) is 7.22. The van der Waals surface area contributed by atoms with Gasteiger partial charge >= 0.3 is 0 Å². The van der Waals surface area contributed by atoms with Crippen molar-refractivity contribution in [3.05, 3.63) is 29.8 Å². The van der Waals surface area contributed by atoms with Crippen LogP contribution in [-0.2, 0) is 6.42 Å². The molecular formula is C16H25NO. The van der Waals surface area contributed by atoms with Crippen LogP contribution in [0.25, 0.3) is 0 Å². The highest BCUT2D eigenvalue weighted by molar-refractivity contribution is 5.28. The van der Waals surface area contributed by atoms with Crippen LogP contribution < -0.4 is 10.1 Å². The fraction of sp³-hybridized carbons (Fsp3) is 0.625. The van der Waals surface area contributed by atoms with Crippen molar-refractivity contribution in [1.82, 2.24) is 5.32 Å². The lowest BCUT2D eigenvalue weighted by molar-refractivity contribution is 0.414. The van der Waals surface area contributed by atoms with Crippen LogP contribution in [0.15, 0.2) is 24.3 Å². The van der Waals surface area contributed by atoms with Crippen molar-refractivity contribution < 1.29 is 4.74 Å². The Labute approximate surface area is 111 Å². The number of methoxy groups -OCH3 is 1. The first kappa shape index (κ1) is 13.4. The molecule has 0 saturated heterocycles. The van der Waals surface area contributed by atoms with Crippen LogP contribution in [0.2, 0.25) is 0 Å². The highest BCUT2D eigenvalue weighted by Crippen LogP contribution is 2.26. The molecule has 0 aromatic heterocycles. The Morgan fingerprint density at radius 1 is 1.22 bits per heavy atom. The summed E-state index contributed by atoms with van der Waals surface area (Å²) in [5.41, 5.74) is 1.35. The fourth-order valence-electron chi connectivity index (χ4n) is 2.79. The zero-order valence-electron chi connectivity index (χ0n) is 11.5. The third-order valence-corrected chi connectivity index (χ3v) is 3.93. The molecule has 2 rings (SSSR count). The van der Waals surface area contributed by atoms with E-state index in [-0.39, 0.29) is 0 Å². The van der Waals surface area contributed by atoms with Gasteiger partial charge in [-0.2, -0.15) is 0 Å². The van der Waals surface area contributed by atoms with E-state index < -0.39 is 0 Å². The number of benzene rings is 1. The molecule has 0 spiro atoms. The standard InChI is InChI=1S/C16H25NO/c1-18-16-8-4-7-15(13-16)10-12-17-11-9-14-5-2-3-6-14/h4,7-8,13-14,17H,2-3,5-6,9-12H2,1H3. The molecule has 1 N–H and O–H groups in total. The summed E-state index contributed by atoms with van der Waals surface area (Å²) in [5, 5.41) is 3.56. The van der Waals surface area contributed by atoms with Crippen LogP contribution in [0.3, 0.4) is 0 Å². The molecule has 0 bridgehead atoms. The van der Waals surface area contributed by atoms with E-state index in [2.05, 4.69) is 23.5 Å². The van der Waals surface area contributed by atoms with E-state index in [1.54, 1.807) is 7.11 Å². The van der Waals surface area contributed by atoms with Crippen LogP contribution in [0.4, 0.5) is 0 Å². The molecule has 0 heterocycles. The summed E-state index contributed by atoms with van der Waals surface area (Å²) in [6, 6.07) is 8.35. The molecule has 1 aromatic carbocycles. The van der Waals surface area contributed by atoms with Crippen LogP contribution in [0.1, 0.15) is 37.7 Å². The maximum Gasteiger partial charge on any atom is 0.119 e. The highest BCUT2D eigenvalue weighted by Gasteiger charge is 2.13. The van der Waals surface area contributed by atoms with Crippen molar-refractivity contribution in [2.75, 3.05) is 20.2 Å². The largest absolute Gasteiger partial charge is 0.497 e. The Kier molecular flexibility index (Phi) is 5.53. The molecule has 18 heavy (non-hydrogen) atoms. The van der Waals surface area contributed by atoms with Gasteiger partial charge < -0.3 is 10.1 Å². The Morgan fingerprint density at radius 2 is 2.06 bits per heavy atom. The van der Waals surface area contributed by atoms with E-state index in [9.17, 15) is 0 Å². The maximum atomic E-state index is 5.23. The van der Waals surface area contributed by atoms with E-state index in [4.69, 9.17) is 4.74 Å². The van der Waals surface area contributed by atoms with Gasteiger partial charge in [-0.05, 0) is 49.5 Å². The third-order valence-electron chi connectivity index (χ3n) is 3.93. The number of hydrogen-bond donors (Lipinski definition) is 1. The van der Waals surface area contributed by atoms with Gasteiger partial charge in [0.15, 0.2) is 0 Å². The van der Waals surface area contributed by atoms with E-state index in [0.717, 1.165) is 24.6 Å². The first-order valence-corrected chi connectivity index (χ1v) is 7.22. The zero-order valence-corrected chi connectivity index (χ0v) is 11.5. The molecule has 1 aliphatic carbocycles. The Morgan fingerprint density at radius 3 is 2.83 bits per heavy atom. The van der Waals surface area contributed by atoms with E-state index in [1.165, 1.54) is 44.2 Å². The van der Waals surface area contributed by atoms with Crippen LogP contribution in [0, 0.1) is 5.92 Å². The van der Waals surface area contributed by atoms with Gasteiger partial charge in [-0.3, -0.25) is 0 Å². The number of hydrogen-bond acceptors (Lipinski definition) is 2. The molecule has 1 fully saturated rings. The molecular weight excluding hydrogens is 222 g/mol. The van der Waals surface area contributed by atoms with E-state index in [1.807, 2.05) is 6.07 Å². The summed E-state index contributed by atoms with van der Waals surface area (Å²) in [6.07, 6.45) is 8.26. The second-order valence-electron chi connectivity index (χ2n) is 5.29. The van der Waals surface area contributed by atoms with Crippen molar-refractivity contribution in [3.63, 3.8) is 0 Å². The number of ether oxygens (including phenoxy) is 1. The first-order chi connectivity index (χ1) is 8.88. The van der Waals surface area contributed by atoms with Crippen LogP contribution >= 0.6 is 0 Å². The quantitative estimate of drug-likeness (QED) is 0.746. The Hall–Kier alpha value is -1.02. The predicted octanol–water partition coefficient (Wildman–Crippen LogP) is 3.41. The molecule has 100 valence electrons. The minimum Gasteiger partial charge on any atom is -0.497 e. The van der Waals surface area contributed by atoms with Crippen molar-refractivity contribution in [3.8, 4) is 5.75 Å². The average molecular weight is 247 g/mol. The topological polar surface area (TPSA) is 21.3 Å². The highest BCUT2D eigenvalue weighted by atomic mass is 16.5. The molecule has 2 heteroatoms. The lowest BCUT2D eigenvalue weighted by atomic mass is 10.0. The molecule has 1 aromatic rings. The molecule has 1 saturated carbocycles. The van der Waals surface area contributed by atoms with Crippen molar-refractivity contribution >= 4 is 0 Å². The summed E-state index contributed by atoms with van der Waals surface area (Å²) in [5.74, 6) is 1.95. The van der Waals surface area contributed by atoms with Crippen LogP contribution in [-0.4, -0.2) is 20.2 Å². The normalized spacial score (nSPS) is 16.1. The number of nitrogens with one attached hydrogen (secondary N) is 1. The molecule has 0 atom stereocenters. The van der Waals surface area contributed by atoms with Gasteiger partial charge in [0.1, 0.15) is 5.75 Å². The molecule has 0 amide bonds. The zero-order chi connectivity index (χ0) is 12.6. The van der Waals surface area contributed by atoms with Crippen molar-refractivity contribution in [2.45, 2.75) is 38.5 Å². The summed E-state index contributed by atoms with van der Waals surface area (Å²) >= 11 is 0. The minimum absolute atomic E-state index is 0.957. The van der Waals surface area contributed by atoms with Crippen LogP contribution in [0.5, 0.6) is 5.75 Å². The molecule has 0 aliphatic heterocycles. The second-order valence-corrected chi connectivity index (χ2v) is 5.29. The summed E-state index contributed by atoms with van der Waals surface area (Å²) in [7, 11) is 1.72. The number of rotatable bonds is 7. The van der Waals surface area contributed by atoms with Crippen molar-refractivity contribution in [2.24, 2.45) is 5.92 Å². The van der Waals surface area contributed by atoms with Gasteiger partial charge in [0.05, 0.1) is 7.11 Å². The van der Waals surface area contributed by atoms with Gasteiger partial charge in [0.2, 0.25) is 0 Å². The summed E-state index contributed by atoms with van der Waals surface area (Å²) in [4.78, 5) is 0. The lowest BCUT2D eigenvalue weighted by Gasteiger charge is -2.10. The predicted molar refractivity (Wildman–Crippen MR) is 76.1 cm³/mol. The third kappa shape index (κ3) is 4.34. The van der Waals surface area contributed by atoms with Gasteiger partial charge in [-0.15, -0.1) is 0 Å². The fourth-order valence-corrected chi connectivity index (χ4v) is 2.79. The second kappa shape index (κ2) is 7.42. The van der Waals surface area contributed by atoms with Gasteiger partial charge in [0.25, 0.3) is 0 Å². The van der Waals surface area contributed by atoms with E-state index in [0.29, 0.717) is 0 Å². The molecule has 0 unspecified atom stereocenters. The summed E-state index contributed by atoms with van der Waals surface area (Å²) < 4.78 is 5.23. The van der Waals surface area contributed by atoms with Gasteiger partial charge in [-0.1, -0.05) is 37.8 Å². The van der Waals surface area contributed by atoms with Gasteiger partial charge in [-0.25, -0.2) is 0 Å². The monoisotopic (exact) mass is 247 g/mol. The average Bonchev–Trinajstić information content (AvgIpc) is 2.92. The molecule has 1 aliphatic rings. The SMILES string of the molecule is COc1cccc(CCNCCC2CCCC2)c1. The molecule has 2 nitrogen and oxygen atoms in total. The summed E-state index contributed by atoms with van der Waals surface area (Å²) in [6.45, 7) is 2.24. The maximum absolute atomic E-state index is 5.23. The lowest BCUT2D eigenvalue weighted by Crippen LogP contribution is -2.20. The van der Waals surface area contributed by atoms with E-state index >= 15 is 0 Å². The Balaban J connectivity index is 1.59. The smallest absolute Gasteiger partial charge is 0.119 e. The minimum atomic E-state index is 0.957. The Bertz CT molecular complexity index is 345. The van der Waals surface area contributed by atoms with Gasteiger partial charge in [0, 0.05) is 0 Å².